The van der Waals surface area contributed by atoms with Crippen LogP contribution in [0, 0.1) is 25.8 Å². The monoisotopic (exact) mass is 1140 g/mol. The molecule has 20 heteroatoms. The third-order valence-corrected chi connectivity index (χ3v) is 15.3. The Kier molecular flexibility index (Phi) is 25.5. The number of nitrogens with zero attached hydrogens (tertiary/aromatic N) is 3. The third kappa shape index (κ3) is 19.5. The van der Waals surface area contributed by atoms with Crippen LogP contribution in [0.3, 0.4) is 0 Å². The summed E-state index contributed by atoms with van der Waals surface area (Å²) >= 11 is 2.56. The molecule has 0 aliphatic carbocycles. The van der Waals surface area contributed by atoms with Crippen LogP contribution >= 0.6 is 23.1 Å². The maximum absolute atomic E-state index is 13.9. The highest BCUT2D eigenvalue weighted by Gasteiger charge is 2.44. The summed E-state index contributed by atoms with van der Waals surface area (Å²) in [7, 11) is 1.52. The topological polar surface area (TPSA) is 205 Å². The highest BCUT2D eigenvalue weighted by molar-refractivity contribution is 8.18. The van der Waals surface area contributed by atoms with E-state index in [1.54, 1.807) is 53.8 Å². The van der Waals surface area contributed by atoms with Gasteiger partial charge in [0.1, 0.15) is 24.4 Å². The largest absolute Gasteiger partial charge is 0.493 e. The number of aliphatic hydroxyl groups excluding tert-OH is 1. The van der Waals surface area contributed by atoms with Crippen molar-refractivity contribution in [1.29, 1.82) is 0 Å². The van der Waals surface area contributed by atoms with Crippen molar-refractivity contribution in [2.75, 3.05) is 86.3 Å². The van der Waals surface area contributed by atoms with E-state index >= 15 is 0 Å². The Morgan fingerprint density at radius 3 is 2.04 bits per heavy atom. The maximum Gasteiger partial charge on any atom is 0.293 e. The van der Waals surface area contributed by atoms with Crippen LogP contribution in [0.25, 0.3) is 21.4 Å². The van der Waals surface area contributed by atoms with Crippen LogP contribution in [0.4, 0.5) is 10.5 Å². The number of methoxy groups -OCH3 is 1. The minimum atomic E-state index is -0.949. The first-order chi connectivity index (χ1) is 38.6. The lowest BCUT2D eigenvalue weighted by Crippen LogP contribution is -2.58. The summed E-state index contributed by atoms with van der Waals surface area (Å²) < 4.78 is 40.0. The summed E-state index contributed by atoms with van der Waals surface area (Å²) in [4.78, 5) is 73.6. The number of rotatable bonds is 33. The van der Waals surface area contributed by atoms with Gasteiger partial charge in [-0.1, -0.05) is 57.2 Å². The van der Waals surface area contributed by atoms with Gasteiger partial charge in [-0.15, -0.1) is 11.3 Å². The fourth-order valence-electron chi connectivity index (χ4n) is 8.85. The van der Waals surface area contributed by atoms with Crippen LogP contribution in [0.2, 0.25) is 0 Å². The molecule has 0 spiro atoms. The van der Waals surface area contributed by atoms with Gasteiger partial charge in [0.15, 0.2) is 17.2 Å². The van der Waals surface area contributed by atoms with Crippen molar-refractivity contribution in [2.45, 2.75) is 104 Å². The zero-order valence-electron chi connectivity index (χ0n) is 46.9. The number of imide groups is 1. The van der Waals surface area contributed by atoms with Crippen molar-refractivity contribution < 1.29 is 62.2 Å². The summed E-state index contributed by atoms with van der Waals surface area (Å²) in [6.45, 7) is 20.8. The molecule has 18 nitrogen and oxygen atoms in total. The average Bonchev–Trinajstić information content (AvgIpc) is 4.20. The van der Waals surface area contributed by atoms with Crippen LogP contribution in [-0.4, -0.2) is 148 Å². The first-order valence-corrected chi connectivity index (χ1v) is 28.9. The number of ether oxygens (including phenoxy) is 7. The fourth-order valence-corrected chi connectivity index (χ4v) is 10.6. The Labute approximate surface area is 478 Å². The third-order valence-electron chi connectivity index (χ3n) is 13.3. The molecule has 2 saturated heterocycles. The van der Waals surface area contributed by atoms with Crippen molar-refractivity contribution in [3.05, 3.63) is 111 Å². The Morgan fingerprint density at radius 1 is 0.787 bits per heavy atom. The molecule has 3 heterocycles. The van der Waals surface area contributed by atoms with Crippen LogP contribution in [0.1, 0.15) is 88.0 Å². The summed E-state index contributed by atoms with van der Waals surface area (Å²) in [5, 5.41) is 18.0. The van der Waals surface area contributed by atoms with E-state index in [9.17, 15) is 29.1 Å². The normalized spacial score (nSPS) is 16.3. The molecule has 0 bridgehead atoms. The van der Waals surface area contributed by atoms with Crippen LogP contribution < -0.4 is 20.1 Å². The smallest absolute Gasteiger partial charge is 0.293 e. The predicted octanol–water partition coefficient (Wildman–Crippen LogP) is 9.65. The molecule has 2 aliphatic heterocycles. The van der Waals surface area contributed by atoms with Gasteiger partial charge in [0.2, 0.25) is 17.7 Å². The lowest BCUT2D eigenvalue weighted by molar-refractivity contribution is -0.144. The summed E-state index contributed by atoms with van der Waals surface area (Å²) in [5.74, 6) is -0.111. The van der Waals surface area contributed by atoms with Gasteiger partial charge in [0, 0.05) is 50.8 Å². The zero-order chi connectivity index (χ0) is 57.4. The molecule has 3 N–H and O–H groups in total. The standard InChI is InChI=1S/C60H77N5O13S2/c1-41-22-33-79-54(41)45-17-14-43(15-18-45)38-62-56(68)48-37-47(66)39-65(48)58(70)55(60(3,4)5)63-53(67)40-77-32-31-75-27-13-9-11-25-73-24-10-8-12-26-74-29-30-76-28-23-64-57(69)52(80-59(64)71)36-44-16-20-50(51(35-44)72-7)78-49-21-19-46(61-6)34-42(49)2/h14-22,33-36,47-48,55,66H,8-13,23-32,37-40H2,1-5,7H3,(H,62,68)(H,63,67)/b52-36-/t47-,48?,55-/m1/s1. The minimum Gasteiger partial charge on any atom is -0.493 e. The average molecular weight is 1140 g/mol. The van der Waals surface area contributed by atoms with Crippen molar-refractivity contribution in [3.8, 4) is 27.7 Å². The molecular weight excluding hydrogens is 1060 g/mol. The number of unbranched alkanes of at least 4 members (excludes halogenated alkanes) is 4. The Morgan fingerprint density at radius 2 is 1.43 bits per heavy atom. The summed E-state index contributed by atoms with van der Waals surface area (Å²) in [6, 6.07) is 18.7. The lowest BCUT2D eigenvalue weighted by Gasteiger charge is -2.35. The number of thiophene rings is 1. The molecule has 3 aromatic carbocycles. The molecule has 1 unspecified atom stereocenters. The molecular formula is C60H77N5O13S2. The second-order valence-electron chi connectivity index (χ2n) is 20.6. The molecule has 2 fully saturated rings. The van der Waals surface area contributed by atoms with Crippen molar-refractivity contribution in [1.82, 2.24) is 20.4 Å². The van der Waals surface area contributed by atoms with E-state index in [0.717, 1.165) is 67.0 Å². The van der Waals surface area contributed by atoms with Crippen molar-refractivity contribution in [3.63, 3.8) is 0 Å². The Hall–Kier alpha value is -6.15. The Balaban J connectivity index is 0.727. The van der Waals surface area contributed by atoms with Gasteiger partial charge in [-0.25, -0.2) is 4.85 Å². The van der Waals surface area contributed by atoms with E-state index in [0.29, 0.717) is 79.7 Å². The maximum atomic E-state index is 13.9. The quantitative estimate of drug-likeness (QED) is 0.0231. The highest BCUT2D eigenvalue weighted by Crippen LogP contribution is 2.38. The SMILES string of the molecule is [C-]#[N+]c1ccc(Oc2ccc(/C=C3\SC(=O)N(CCOCCOCCCCCOCCCCCOCCOCC(=O)N[C@H](C(=O)N4C[C@H](O)CC4C(=O)NCc4ccc(-c5sccc5C)cc4)C(C)(C)C)C3=O)cc2OC)c(C)c1. The van der Waals surface area contributed by atoms with E-state index < -0.39 is 35.4 Å². The zero-order valence-corrected chi connectivity index (χ0v) is 48.5. The molecule has 2 aliphatic rings. The number of aryl methyl sites for hydroxylation is 2. The van der Waals surface area contributed by atoms with Gasteiger partial charge in [-0.05, 0) is 139 Å². The first kappa shape index (κ1) is 63.0. The first-order valence-electron chi connectivity index (χ1n) is 27.2. The molecule has 0 radical (unpaired) electrons. The molecule has 6 rings (SSSR count). The predicted molar refractivity (Wildman–Crippen MR) is 309 cm³/mol. The second kappa shape index (κ2) is 32.3. The van der Waals surface area contributed by atoms with Gasteiger partial charge in [0.25, 0.3) is 11.1 Å². The minimum absolute atomic E-state index is 0.00664. The second-order valence-corrected chi connectivity index (χ2v) is 22.5. The molecule has 1 aromatic heterocycles. The van der Waals surface area contributed by atoms with Crippen molar-refractivity contribution in [2.24, 2.45) is 5.41 Å². The number of aliphatic hydroxyl groups is 1. The number of amides is 5. The van der Waals surface area contributed by atoms with E-state index in [1.807, 2.05) is 52.0 Å². The van der Waals surface area contributed by atoms with Gasteiger partial charge >= 0.3 is 0 Å². The van der Waals surface area contributed by atoms with E-state index in [4.69, 9.17) is 39.7 Å². The molecule has 4 aromatic rings. The van der Waals surface area contributed by atoms with Crippen LogP contribution in [0.15, 0.2) is 77.0 Å². The van der Waals surface area contributed by atoms with Gasteiger partial charge in [-0.2, -0.15) is 0 Å². The van der Waals surface area contributed by atoms with Crippen LogP contribution in [-0.2, 0) is 49.4 Å². The number of hydrogen-bond donors (Lipinski definition) is 3. The number of likely N-dealkylation sites (tertiary alicyclic amines) is 1. The number of nitrogens with one attached hydrogen (secondary N) is 2. The van der Waals surface area contributed by atoms with E-state index in [1.165, 1.54) is 27.4 Å². The van der Waals surface area contributed by atoms with E-state index in [-0.39, 0.29) is 62.9 Å². The molecule has 0 saturated carbocycles. The highest BCUT2D eigenvalue weighted by atomic mass is 32.2. The van der Waals surface area contributed by atoms with Crippen LogP contribution in [0.5, 0.6) is 17.2 Å². The number of carbonyl (C=O) groups excluding carboxylic acids is 5. The van der Waals surface area contributed by atoms with Gasteiger partial charge in [0.05, 0.1) is 64.3 Å². The fraction of sp³-hybridized carbons (Fsp3) is 0.500. The Bertz CT molecular complexity index is 2750. The van der Waals surface area contributed by atoms with Gasteiger partial charge in [-0.3, -0.25) is 28.9 Å². The molecule has 432 valence electrons. The lowest BCUT2D eigenvalue weighted by atomic mass is 9.85. The number of carbonyl (C=O) groups is 5. The summed E-state index contributed by atoms with van der Waals surface area (Å²) in [5.41, 5.74) is 4.55. The van der Waals surface area contributed by atoms with E-state index in [2.05, 4.69) is 33.8 Å². The van der Waals surface area contributed by atoms with Gasteiger partial charge < -0.3 is 53.8 Å². The number of hydrogen-bond acceptors (Lipinski definition) is 15. The number of thioether (sulfide) groups is 1. The molecule has 3 atom stereocenters. The molecule has 80 heavy (non-hydrogen) atoms. The van der Waals surface area contributed by atoms with Crippen molar-refractivity contribution >= 4 is 63.7 Å². The summed E-state index contributed by atoms with van der Waals surface area (Å²) in [6.07, 6.45) is 6.44. The molecule has 5 amide bonds. The number of β-amino-alcohol motifs (C(OH)–C–C–N with tert-alkyl or cyclic N) is 1. The number of benzene rings is 3.